The first-order valence-corrected chi connectivity index (χ1v) is 8.27. The van der Waals surface area contributed by atoms with Crippen LogP contribution >= 0.6 is 0 Å². The second-order valence-electron chi connectivity index (χ2n) is 6.29. The highest BCUT2D eigenvalue weighted by Crippen LogP contribution is 2.22. The summed E-state index contributed by atoms with van der Waals surface area (Å²) in [5.41, 5.74) is 3.70. The van der Waals surface area contributed by atoms with Crippen LogP contribution in [0.15, 0.2) is 54.6 Å². The lowest BCUT2D eigenvalue weighted by Crippen LogP contribution is -2.30. The van der Waals surface area contributed by atoms with Gasteiger partial charge in [0.25, 0.3) is 5.91 Å². The Balaban J connectivity index is 2.00. The lowest BCUT2D eigenvalue weighted by atomic mass is 10.1. The Morgan fingerprint density at radius 1 is 1.20 bits per heavy atom. The molecule has 0 fully saturated rings. The minimum Gasteiger partial charge on any atom is -0.489 e. The van der Waals surface area contributed by atoms with Gasteiger partial charge in [0, 0.05) is 11.8 Å². The van der Waals surface area contributed by atoms with Gasteiger partial charge in [-0.15, -0.1) is 0 Å². The molecule has 0 heterocycles. The number of carbonyl (C=O) groups is 1. The number of aryl methyl sites for hydroxylation is 2. The fourth-order valence-electron chi connectivity index (χ4n) is 2.19. The van der Waals surface area contributed by atoms with Gasteiger partial charge in [0.2, 0.25) is 0 Å². The van der Waals surface area contributed by atoms with Gasteiger partial charge in [0.15, 0.2) is 6.10 Å². The minimum atomic E-state index is -0.611. The fraction of sp³-hybridized carbons (Fsp3) is 0.286. The Bertz CT molecular complexity index is 767. The molecule has 0 spiro atoms. The predicted molar refractivity (Wildman–Crippen MR) is 101 cm³/mol. The Kier molecular flexibility index (Phi) is 6.23. The van der Waals surface area contributed by atoms with Crippen LogP contribution in [0, 0.1) is 13.8 Å². The first kappa shape index (κ1) is 18.6. The molecule has 0 aliphatic carbocycles. The number of hydrogen-bond donors (Lipinski definition) is 1. The van der Waals surface area contributed by atoms with E-state index in [0.717, 1.165) is 22.4 Å². The largest absolute Gasteiger partial charge is 0.489 e. The average Bonchev–Trinajstić information content (AvgIpc) is 2.56. The zero-order valence-electron chi connectivity index (χ0n) is 15.3. The summed E-state index contributed by atoms with van der Waals surface area (Å²) < 4.78 is 11.4. The SMILES string of the molecule is C=C(C)COc1cccc(NC(=O)C(C)Oc2cc(C)ccc2C)c1. The molecule has 2 aromatic rings. The molecule has 4 nitrogen and oxygen atoms in total. The molecular weight excluding hydrogens is 314 g/mol. The normalized spacial score (nSPS) is 11.5. The Hall–Kier alpha value is -2.75. The zero-order chi connectivity index (χ0) is 18.4. The lowest BCUT2D eigenvalue weighted by molar-refractivity contribution is -0.122. The molecule has 4 heteroatoms. The molecule has 1 atom stereocenters. The summed E-state index contributed by atoms with van der Waals surface area (Å²) in [5.74, 6) is 1.20. The number of ether oxygens (including phenoxy) is 2. The lowest BCUT2D eigenvalue weighted by Gasteiger charge is -2.17. The van der Waals surface area contributed by atoms with Crippen molar-refractivity contribution in [2.75, 3.05) is 11.9 Å². The van der Waals surface area contributed by atoms with Crippen molar-refractivity contribution in [1.29, 1.82) is 0 Å². The molecule has 25 heavy (non-hydrogen) atoms. The van der Waals surface area contributed by atoms with Crippen LogP contribution in [0.3, 0.4) is 0 Å². The maximum Gasteiger partial charge on any atom is 0.265 e. The van der Waals surface area contributed by atoms with Gasteiger partial charge in [-0.05, 0) is 62.6 Å². The van der Waals surface area contributed by atoms with Crippen molar-refractivity contribution in [3.63, 3.8) is 0 Å². The summed E-state index contributed by atoms with van der Waals surface area (Å²) in [4.78, 5) is 12.4. The van der Waals surface area contributed by atoms with E-state index < -0.39 is 6.10 Å². The van der Waals surface area contributed by atoms with E-state index >= 15 is 0 Å². The van der Waals surface area contributed by atoms with Crippen molar-refractivity contribution in [1.82, 2.24) is 0 Å². The van der Waals surface area contributed by atoms with E-state index in [4.69, 9.17) is 9.47 Å². The summed E-state index contributed by atoms with van der Waals surface area (Å²) in [6.07, 6.45) is -0.611. The molecule has 0 saturated heterocycles. The van der Waals surface area contributed by atoms with E-state index in [1.54, 1.807) is 13.0 Å². The van der Waals surface area contributed by atoms with Gasteiger partial charge >= 0.3 is 0 Å². The van der Waals surface area contributed by atoms with E-state index in [-0.39, 0.29) is 5.91 Å². The van der Waals surface area contributed by atoms with Gasteiger partial charge in [-0.2, -0.15) is 0 Å². The maximum absolute atomic E-state index is 12.4. The van der Waals surface area contributed by atoms with Crippen LogP contribution in [-0.2, 0) is 4.79 Å². The highest BCUT2D eigenvalue weighted by molar-refractivity contribution is 5.94. The second kappa shape index (κ2) is 8.38. The van der Waals surface area contributed by atoms with Crippen LogP contribution in [0.25, 0.3) is 0 Å². The van der Waals surface area contributed by atoms with E-state index in [9.17, 15) is 4.79 Å². The third kappa shape index (κ3) is 5.68. The highest BCUT2D eigenvalue weighted by atomic mass is 16.5. The number of benzene rings is 2. The van der Waals surface area contributed by atoms with Crippen LogP contribution < -0.4 is 14.8 Å². The van der Waals surface area contributed by atoms with Crippen molar-refractivity contribution >= 4 is 11.6 Å². The molecular formula is C21H25NO3. The molecule has 2 aromatic carbocycles. The predicted octanol–water partition coefficient (Wildman–Crippen LogP) is 4.66. The van der Waals surface area contributed by atoms with Gasteiger partial charge in [0.1, 0.15) is 18.1 Å². The monoisotopic (exact) mass is 339 g/mol. The molecule has 0 aliphatic rings. The van der Waals surface area contributed by atoms with Crippen molar-refractivity contribution in [3.8, 4) is 11.5 Å². The third-order valence-corrected chi connectivity index (χ3v) is 3.60. The maximum atomic E-state index is 12.4. The number of rotatable bonds is 7. The van der Waals surface area contributed by atoms with Gasteiger partial charge in [-0.1, -0.05) is 24.8 Å². The van der Waals surface area contributed by atoms with E-state index in [1.807, 2.05) is 57.2 Å². The summed E-state index contributed by atoms with van der Waals surface area (Å²) in [5, 5.41) is 2.86. The number of amides is 1. The molecule has 0 radical (unpaired) electrons. The van der Waals surface area contributed by atoms with Crippen LogP contribution in [-0.4, -0.2) is 18.6 Å². The first-order chi connectivity index (χ1) is 11.8. The summed E-state index contributed by atoms with van der Waals surface area (Å²) in [6.45, 7) is 11.8. The van der Waals surface area contributed by atoms with Gasteiger partial charge in [-0.3, -0.25) is 4.79 Å². The molecule has 2 rings (SSSR count). The number of hydrogen-bond acceptors (Lipinski definition) is 3. The summed E-state index contributed by atoms with van der Waals surface area (Å²) >= 11 is 0. The Morgan fingerprint density at radius 2 is 1.96 bits per heavy atom. The Morgan fingerprint density at radius 3 is 2.68 bits per heavy atom. The van der Waals surface area contributed by atoms with Gasteiger partial charge < -0.3 is 14.8 Å². The highest BCUT2D eigenvalue weighted by Gasteiger charge is 2.16. The Labute approximate surface area is 149 Å². The van der Waals surface area contributed by atoms with E-state index in [0.29, 0.717) is 18.0 Å². The molecule has 0 bridgehead atoms. The number of carbonyl (C=O) groups excluding carboxylic acids is 1. The van der Waals surface area contributed by atoms with Crippen LogP contribution in [0.5, 0.6) is 11.5 Å². The van der Waals surface area contributed by atoms with Crippen molar-refractivity contribution in [2.45, 2.75) is 33.8 Å². The summed E-state index contributed by atoms with van der Waals surface area (Å²) in [7, 11) is 0. The molecule has 132 valence electrons. The third-order valence-electron chi connectivity index (χ3n) is 3.60. The zero-order valence-corrected chi connectivity index (χ0v) is 15.3. The molecule has 1 N–H and O–H groups in total. The quantitative estimate of drug-likeness (QED) is 0.746. The first-order valence-electron chi connectivity index (χ1n) is 8.27. The van der Waals surface area contributed by atoms with E-state index in [1.165, 1.54) is 0 Å². The molecule has 1 amide bonds. The fourth-order valence-corrected chi connectivity index (χ4v) is 2.19. The van der Waals surface area contributed by atoms with Crippen molar-refractivity contribution in [2.24, 2.45) is 0 Å². The van der Waals surface area contributed by atoms with Crippen LogP contribution in [0.2, 0.25) is 0 Å². The van der Waals surface area contributed by atoms with Crippen LogP contribution in [0.1, 0.15) is 25.0 Å². The summed E-state index contributed by atoms with van der Waals surface area (Å²) in [6, 6.07) is 13.2. The second-order valence-corrected chi connectivity index (χ2v) is 6.29. The molecule has 0 aromatic heterocycles. The minimum absolute atomic E-state index is 0.210. The topological polar surface area (TPSA) is 47.6 Å². The van der Waals surface area contributed by atoms with E-state index in [2.05, 4.69) is 11.9 Å². The molecule has 1 unspecified atom stereocenters. The molecule has 0 saturated carbocycles. The van der Waals surface area contributed by atoms with Gasteiger partial charge in [0.05, 0.1) is 0 Å². The standard InChI is InChI=1S/C21H25NO3/c1-14(2)13-24-19-8-6-7-18(12-19)22-21(23)17(5)25-20-11-15(3)9-10-16(20)4/h6-12,17H,1,13H2,2-5H3,(H,22,23). The molecule has 0 aliphatic heterocycles. The number of anilines is 1. The van der Waals surface area contributed by atoms with Gasteiger partial charge in [-0.25, -0.2) is 0 Å². The van der Waals surface area contributed by atoms with Crippen molar-refractivity contribution < 1.29 is 14.3 Å². The number of nitrogens with one attached hydrogen (secondary N) is 1. The van der Waals surface area contributed by atoms with Crippen molar-refractivity contribution in [3.05, 3.63) is 65.7 Å². The van der Waals surface area contributed by atoms with Crippen LogP contribution in [0.4, 0.5) is 5.69 Å². The average molecular weight is 339 g/mol. The smallest absolute Gasteiger partial charge is 0.265 e.